The molecule has 3 aromatic rings. The predicted molar refractivity (Wildman–Crippen MR) is 123 cm³/mol. The Morgan fingerprint density at radius 3 is 2.61 bits per heavy atom. The zero-order valence-electron chi connectivity index (χ0n) is 16.6. The molecule has 2 aromatic carbocycles. The molecule has 0 atom stereocenters. The van der Waals surface area contributed by atoms with E-state index in [0.717, 1.165) is 5.75 Å². The van der Waals surface area contributed by atoms with E-state index in [9.17, 15) is 4.79 Å². The van der Waals surface area contributed by atoms with Crippen molar-refractivity contribution in [1.82, 2.24) is 5.32 Å². The second-order valence-corrected chi connectivity index (χ2v) is 7.37. The monoisotopic (exact) mass is 454 g/mol. The van der Waals surface area contributed by atoms with Crippen molar-refractivity contribution in [3.8, 4) is 11.5 Å². The Morgan fingerprint density at radius 2 is 1.87 bits per heavy atom. The van der Waals surface area contributed by atoms with Crippen LogP contribution in [0.2, 0.25) is 5.02 Å². The Hall–Kier alpha value is -3.29. The SMILES string of the molecule is CCOc1ccc(N2C(=O)/C(=C\c3ccc(COc4ccccc4Cl)o3)NC2=S)cc1. The molecule has 158 valence electrons. The van der Waals surface area contributed by atoms with Crippen LogP contribution in [0.5, 0.6) is 11.5 Å². The molecule has 1 fully saturated rings. The Balaban J connectivity index is 1.45. The Morgan fingerprint density at radius 1 is 1.10 bits per heavy atom. The quantitative estimate of drug-likeness (QED) is 0.392. The summed E-state index contributed by atoms with van der Waals surface area (Å²) in [6.45, 7) is 2.70. The molecule has 0 aliphatic carbocycles. The fourth-order valence-corrected chi connectivity index (χ4v) is 3.52. The number of furan rings is 1. The number of anilines is 1. The molecule has 31 heavy (non-hydrogen) atoms. The van der Waals surface area contributed by atoms with Gasteiger partial charge in [-0.25, -0.2) is 0 Å². The summed E-state index contributed by atoms with van der Waals surface area (Å²) in [6, 6.07) is 17.9. The number of nitrogens with zero attached hydrogens (tertiary/aromatic N) is 1. The van der Waals surface area contributed by atoms with Crippen LogP contribution in [0.4, 0.5) is 5.69 Å². The Labute approximate surface area is 190 Å². The van der Waals surface area contributed by atoms with Crippen LogP contribution in [-0.2, 0) is 11.4 Å². The maximum Gasteiger partial charge on any atom is 0.281 e. The molecular weight excluding hydrogens is 436 g/mol. The van der Waals surface area contributed by atoms with E-state index in [4.69, 9.17) is 37.7 Å². The molecule has 8 heteroatoms. The molecule has 6 nitrogen and oxygen atoms in total. The highest BCUT2D eigenvalue weighted by molar-refractivity contribution is 7.80. The van der Waals surface area contributed by atoms with Gasteiger partial charge >= 0.3 is 0 Å². The van der Waals surface area contributed by atoms with Gasteiger partial charge in [0, 0.05) is 6.08 Å². The number of halogens is 1. The van der Waals surface area contributed by atoms with Gasteiger partial charge in [0.1, 0.15) is 35.3 Å². The maximum absolute atomic E-state index is 12.9. The first-order chi connectivity index (χ1) is 15.0. The van der Waals surface area contributed by atoms with E-state index in [1.165, 1.54) is 4.90 Å². The maximum atomic E-state index is 12.9. The molecule has 0 saturated carbocycles. The first-order valence-corrected chi connectivity index (χ1v) is 10.4. The number of amides is 1. The fraction of sp³-hybridized carbons (Fsp3) is 0.130. The van der Waals surface area contributed by atoms with E-state index in [2.05, 4.69) is 5.32 Å². The van der Waals surface area contributed by atoms with Crippen LogP contribution in [-0.4, -0.2) is 17.6 Å². The summed E-state index contributed by atoms with van der Waals surface area (Å²) >= 11 is 11.4. The van der Waals surface area contributed by atoms with Gasteiger partial charge in [0.05, 0.1) is 17.3 Å². The van der Waals surface area contributed by atoms with Crippen LogP contribution in [0.3, 0.4) is 0 Å². The predicted octanol–water partition coefficient (Wildman–Crippen LogP) is 5.17. The Kier molecular flexibility index (Phi) is 6.25. The first-order valence-electron chi connectivity index (χ1n) is 9.61. The van der Waals surface area contributed by atoms with Gasteiger partial charge in [0.15, 0.2) is 5.11 Å². The fourth-order valence-electron chi connectivity index (χ4n) is 3.03. The van der Waals surface area contributed by atoms with Crippen molar-refractivity contribution in [2.75, 3.05) is 11.5 Å². The largest absolute Gasteiger partial charge is 0.494 e. The third-order valence-corrected chi connectivity index (χ3v) is 5.06. The zero-order chi connectivity index (χ0) is 21.8. The number of carbonyl (C=O) groups is 1. The average Bonchev–Trinajstić information content (AvgIpc) is 3.32. The van der Waals surface area contributed by atoms with Crippen molar-refractivity contribution in [2.45, 2.75) is 13.5 Å². The zero-order valence-corrected chi connectivity index (χ0v) is 18.2. The van der Waals surface area contributed by atoms with Crippen LogP contribution in [0.15, 0.2) is 70.8 Å². The summed E-state index contributed by atoms with van der Waals surface area (Å²) in [5, 5.41) is 3.77. The Bertz CT molecular complexity index is 1140. The molecule has 1 aliphatic heterocycles. The number of hydrogen-bond donors (Lipinski definition) is 1. The summed E-state index contributed by atoms with van der Waals surface area (Å²) in [5.74, 6) is 2.15. The highest BCUT2D eigenvalue weighted by Crippen LogP contribution is 2.26. The minimum atomic E-state index is -0.264. The number of ether oxygens (including phenoxy) is 2. The highest BCUT2D eigenvalue weighted by Gasteiger charge is 2.32. The number of rotatable bonds is 7. The molecule has 1 aliphatic rings. The number of benzene rings is 2. The van der Waals surface area contributed by atoms with E-state index in [1.807, 2.05) is 19.1 Å². The van der Waals surface area contributed by atoms with Gasteiger partial charge in [0.2, 0.25) is 0 Å². The minimum absolute atomic E-state index is 0.213. The normalized spacial score (nSPS) is 14.8. The van der Waals surface area contributed by atoms with Crippen LogP contribution in [0.1, 0.15) is 18.4 Å². The molecular formula is C23H19ClN2O4S. The molecule has 0 radical (unpaired) electrons. The minimum Gasteiger partial charge on any atom is -0.494 e. The topological polar surface area (TPSA) is 63.9 Å². The summed E-state index contributed by atoms with van der Waals surface area (Å²) in [7, 11) is 0. The van der Waals surface area contributed by atoms with Crippen molar-refractivity contribution in [3.05, 3.63) is 82.9 Å². The number of nitrogens with one attached hydrogen (secondary N) is 1. The summed E-state index contributed by atoms with van der Waals surface area (Å²) in [5.41, 5.74) is 0.981. The van der Waals surface area contributed by atoms with Crippen molar-refractivity contribution in [3.63, 3.8) is 0 Å². The van der Waals surface area contributed by atoms with Crippen LogP contribution >= 0.6 is 23.8 Å². The number of para-hydroxylation sites is 1. The number of hydrogen-bond acceptors (Lipinski definition) is 5. The number of thiocarbonyl (C=S) groups is 1. The van der Waals surface area contributed by atoms with Gasteiger partial charge in [-0.05, 0) is 67.7 Å². The molecule has 1 saturated heterocycles. The molecule has 0 unspecified atom stereocenters. The smallest absolute Gasteiger partial charge is 0.281 e. The molecule has 0 spiro atoms. The van der Waals surface area contributed by atoms with Crippen molar-refractivity contribution >= 4 is 46.6 Å². The van der Waals surface area contributed by atoms with Gasteiger partial charge in [-0.2, -0.15) is 0 Å². The van der Waals surface area contributed by atoms with Crippen molar-refractivity contribution in [1.29, 1.82) is 0 Å². The number of carbonyl (C=O) groups excluding carboxylic acids is 1. The lowest BCUT2D eigenvalue weighted by Crippen LogP contribution is -2.30. The van der Waals surface area contributed by atoms with Gasteiger partial charge in [-0.15, -0.1) is 0 Å². The van der Waals surface area contributed by atoms with Crippen molar-refractivity contribution in [2.24, 2.45) is 0 Å². The lowest BCUT2D eigenvalue weighted by Gasteiger charge is -2.14. The third kappa shape index (κ3) is 4.73. The van der Waals surface area contributed by atoms with E-state index in [-0.39, 0.29) is 12.5 Å². The van der Waals surface area contributed by atoms with Crippen molar-refractivity contribution < 1.29 is 18.7 Å². The van der Waals surface area contributed by atoms with Crippen LogP contribution < -0.4 is 19.7 Å². The lowest BCUT2D eigenvalue weighted by molar-refractivity contribution is -0.113. The van der Waals surface area contributed by atoms with Crippen LogP contribution in [0, 0.1) is 0 Å². The second-order valence-electron chi connectivity index (χ2n) is 6.58. The molecule has 1 amide bonds. The standard InChI is InChI=1S/C23H19ClN2O4S/c1-2-28-16-9-7-15(8-10-16)26-22(27)20(25-23(26)31)13-17-11-12-18(30-17)14-29-21-6-4-3-5-19(21)24/h3-13H,2,14H2,1H3,(H,25,31)/b20-13+. The van der Waals surface area contributed by atoms with E-state index in [0.29, 0.717) is 45.4 Å². The average molecular weight is 455 g/mol. The third-order valence-electron chi connectivity index (χ3n) is 4.46. The lowest BCUT2D eigenvalue weighted by atomic mass is 10.2. The molecule has 0 bridgehead atoms. The molecule has 2 heterocycles. The molecule has 4 rings (SSSR count). The first kappa shape index (κ1) is 21.0. The van der Waals surface area contributed by atoms with E-state index in [1.54, 1.807) is 54.6 Å². The summed E-state index contributed by atoms with van der Waals surface area (Å²) < 4.78 is 16.9. The van der Waals surface area contributed by atoms with E-state index >= 15 is 0 Å². The highest BCUT2D eigenvalue weighted by atomic mass is 35.5. The summed E-state index contributed by atoms with van der Waals surface area (Å²) in [4.78, 5) is 14.3. The van der Waals surface area contributed by atoms with Gasteiger partial charge in [-0.3, -0.25) is 9.69 Å². The van der Waals surface area contributed by atoms with Gasteiger partial charge in [0.25, 0.3) is 5.91 Å². The molecule has 1 N–H and O–H groups in total. The second kappa shape index (κ2) is 9.24. The van der Waals surface area contributed by atoms with Crippen LogP contribution in [0.25, 0.3) is 6.08 Å². The molecule has 1 aromatic heterocycles. The van der Waals surface area contributed by atoms with E-state index < -0.39 is 0 Å². The van der Waals surface area contributed by atoms with Gasteiger partial charge in [-0.1, -0.05) is 23.7 Å². The van der Waals surface area contributed by atoms with Gasteiger partial charge < -0.3 is 19.2 Å². The summed E-state index contributed by atoms with van der Waals surface area (Å²) in [6.07, 6.45) is 1.61.